The van der Waals surface area contributed by atoms with Crippen molar-refractivity contribution in [1.29, 1.82) is 0 Å². The molecule has 0 bridgehead atoms. The van der Waals surface area contributed by atoms with E-state index in [0.717, 1.165) is 34.0 Å². The third-order valence-electron chi connectivity index (χ3n) is 4.47. The number of benzene rings is 2. The first kappa shape index (κ1) is 19.6. The Labute approximate surface area is 166 Å². The summed E-state index contributed by atoms with van der Waals surface area (Å²) in [6.07, 6.45) is 6.25. The van der Waals surface area contributed by atoms with E-state index in [1.165, 1.54) is 4.57 Å². The molecule has 0 radical (unpaired) electrons. The molecule has 0 aliphatic rings. The van der Waals surface area contributed by atoms with Gasteiger partial charge in [-0.2, -0.15) is 0 Å². The predicted molar refractivity (Wildman–Crippen MR) is 115 cm³/mol. The highest BCUT2D eigenvalue weighted by Crippen LogP contribution is 2.37. The third kappa shape index (κ3) is 3.51. The molecule has 0 fully saturated rings. The van der Waals surface area contributed by atoms with E-state index in [4.69, 9.17) is 4.74 Å². The molecule has 0 amide bonds. The number of hydrogen-bond donors (Lipinski definition) is 1. The van der Waals surface area contributed by atoms with Crippen LogP contribution in [-0.4, -0.2) is 22.3 Å². The highest BCUT2D eigenvalue weighted by Gasteiger charge is 2.20. The standard InChI is InChI=1S/C22H22N2O3S/c1-5-15(2)10-11-16(3)23-28(26)20-13-12-19(27-4)22-21(20)17-8-6-7-9-18(17)24(22)14-25/h5-14,23H,1H2,2-4H3/b15-10-,16-11+. The van der Waals surface area contributed by atoms with Gasteiger partial charge in [-0.25, -0.2) is 4.21 Å². The molecule has 1 heterocycles. The van der Waals surface area contributed by atoms with Crippen molar-refractivity contribution in [1.82, 2.24) is 9.29 Å². The van der Waals surface area contributed by atoms with Crippen LogP contribution in [0, 0.1) is 0 Å². The maximum Gasteiger partial charge on any atom is 0.218 e. The molecule has 1 N–H and O–H groups in total. The summed E-state index contributed by atoms with van der Waals surface area (Å²) >= 11 is 0. The summed E-state index contributed by atoms with van der Waals surface area (Å²) in [5.74, 6) is 0.552. The summed E-state index contributed by atoms with van der Waals surface area (Å²) in [4.78, 5) is 12.4. The average Bonchev–Trinajstić information content (AvgIpc) is 3.05. The Bertz CT molecular complexity index is 1160. The van der Waals surface area contributed by atoms with Crippen molar-refractivity contribution >= 4 is 39.2 Å². The van der Waals surface area contributed by atoms with Gasteiger partial charge in [0.05, 0.1) is 23.0 Å². The lowest BCUT2D eigenvalue weighted by Crippen LogP contribution is -2.15. The molecule has 0 aliphatic carbocycles. The molecule has 1 unspecified atom stereocenters. The average molecular weight is 394 g/mol. The summed E-state index contributed by atoms with van der Waals surface area (Å²) in [5.41, 5.74) is 3.11. The Balaban J connectivity index is 2.18. The lowest BCUT2D eigenvalue weighted by Gasteiger charge is -2.10. The molecule has 2 aromatic carbocycles. The van der Waals surface area contributed by atoms with E-state index in [1.807, 2.05) is 50.3 Å². The van der Waals surface area contributed by atoms with Gasteiger partial charge < -0.3 is 9.46 Å². The topological polar surface area (TPSA) is 60.3 Å². The normalized spacial score (nSPS) is 13.5. The number of carbonyl (C=O) groups excluding carboxylic acids is 1. The molecule has 3 rings (SSSR count). The SMILES string of the molecule is C=C/C(C)=C\C=C(/C)NS(=O)c1ccc(OC)c2c1c1ccccc1n2C=O. The van der Waals surface area contributed by atoms with E-state index < -0.39 is 11.0 Å². The second kappa shape index (κ2) is 8.27. The van der Waals surface area contributed by atoms with Gasteiger partial charge in [-0.15, -0.1) is 0 Å². The first-order valence-corrected chi connectivity index (χ1v) is 9.87. The zero-order chi connectivity index (χ0) is 20.3. The minimum absolute atomic E-state index is 0.552. The quantitative estimate of drug-likeness (QED) is 0.474. The van der Waals surface area contributed by atoms with Gasteiger partial charge >= 0.3 is 0 Å². The zero-order valence-corrected chi connectivity index (χ0v) is 16.9. The van der Waals surface area contributed by atoms with Gasteiger partial charge in [-0.3, -0.25) is 9.36 Å². The number of fused-ring (bicyclic) bond motifs is 3. The van der Waals surface area contributed by atoms with Crippen LogP contribution < -0.4 is 9.46 Å². The van der Waals surface area contributed by atoms with Crippen LogP contribution >= 0.6 is 0 Å². The van der Waals surface area contributed by atoms with Crippen molar-refractivity contribution < 1.29 is 13.7 Å². The van der Waals surface area contributed by atoms with Gasteiger partial charge in [-0.05, 0) is 38.1 Å². The first-order valence-electron chi connectivity index (χ1n) is 8.72. The summed E-state index contributed by atoms with van der Waals surface area (Å²) in [5, 5.41) is 1.58. The zero-order valence-electron chi connectivity index (χ0n) is 16.1. The Hall–Kier alpha value is -3.12. The van der Waals surface area contributed by atoms with Crippen molar-refractivity contribution in [2.24, 2.45) is 0 Å². The maximum absolute atomic E-state index is 13.1. The van der Waals surface area contributed by atoms with Crippen LogP contribution in [0.25, 0.3) is 21.8 Å². The smallest absolute Gasteiger partial charge is 0.218 e. The number of ether oxygens (including phenoxy) is 1. The van der Waals surface area contributed by atoms with Crippen molar-refractivity contribution in [2.45, 2.75) is 18.7 Å². The van der Waals surface area contributed by atoms with Crippen LogP contribution in [0.4, 0.5) is 0 Å². The summed E-state index contributed by atoms with van der Waals surface area (Å²) < 4.78 is 23.1. The Morgan fingerprint density at radius 1 is 1.18 bits per heavy atom. The maximum atomic E-state index is 13.1. The summed E-state index contributed by atoms with van der Waals surface area (Å²) in [6.45, 7) is 7.50. The van der Waals surface area contributed by atoms with Crippen LogP contribution in [0.15, 0.2) is 77.4 Å². The fourth-order valence-corrected chi connectivity index (χ4v) is 4.11. The third-order valence-corrected chi connectivity index (χ3v) is 5.72. The molecule has 1 aromatic heterocycles. The van der Waals surface area contributed by atoms with E-state index in [-0.39, 0.29) is 0 Å². The second-order valence-corrected chi connectivity index (χ2v) is 7.50. The van der Waals surface area contributed by atoms with E-state index in [0.29, 0.717) is 16.2 Å². The molecular weight excluding hydrogens is 372 g/mol. The second-order valence-electron chi connectivity index (χ2n) is 6.32. The number of carbonyl (C=O) groups is 1. The van der Waals surface area contributed by atoms with E-state index in [2.05, 4.69) is 11.3 Å². The van der Waals surface area contributed by atoms with Crippen LogP contribution in [0.1, 0.15) is 13.8 Å². The van der Waals surface area contributed by atoms with Crippen LogP contribution in [0.3, 0.4) is 0 Å². The summed E-state index contributed by atoms with van der Waals surface area (Å²) in [6, 6.07) is 11.0. The molecule has 5 nitrogen and oxygen atoms in total. The van der Waals surface area contributed by atoms with E-state index in [9.17, 15) is 9.00 Å². The first-order chi connectivity index (χ1) is 13.5. The Kier molecular flexibility index (Phi) is 5.80. The minimum Gasteiger partial charge on any atom is -0.495 e. The highest BCUT2D eigenvalue weighted by molar-refractivity contribution is 7.83. The predicted octanol–water partition coefficient (Wildman–Crippen LogP) is 4.49. The molecule has 144 valence electrons. The van der Waals surface area contributed by atoms with Crippen LogP contribution in [0.5, 0.6) is 5.75 Å². The van der Waals surface area contributed by atoms with Gasteiger partial charge in [0.15, 0.2) is 11.0 Å². The van der Waals surface area contributed by atoms with Gasteiger partial charge in [0.2, 0.25) is 6.41 Å². The van der Waals surface area contributed by atoms with E-state index >= 15 is 0 Å². The highest BCUT2D eigenvalue weighted by atomic mass is 32.2. The van der Waals surface area contributed by atoms with Crippen LogP contribution in [-0.2, 0) is 15.8 Å². The van der Waals surface area contributed by atoms with E-state index in [1.54, 1.807) is 25.3 Å². The molecule has 0 spiro atoms. The van der Waals surface area contributed by atoms with Crippen molar-refractivity contribution in [2.75, 3.05) is 7.11 Å². The number of allylic oxidation sites excluding steroid dienone is 5. The fourth-order valence-electron chi connectivity index (χ4n) is 3.06. The lowest BCUT2D eigenvalue weighted by molar-refractivity contribution is 0.418. The number of aromatic nitrogens is 1. The molecule has 0 aliphatic heterocycles. The van der Waals surface area contributed by atoms with Gasteiger partial charge in [0, 0.05) is 16.5 Å². The van der Waals surface area contributed by atoms with Crippen LogP contribution in [0.2, 0.25) is 0 Å². The molecule has 6 heteroatoms. The Morgan fingerprint density at radius 2 is 1.93 bits per heavy atom. The number of rotatable bonds is 7. The number of methoxy groups -OCH3 is 1. The fraction of sp³-hybridized carbons (Fsp3) is 0.136. The molecule has 0 saturated carbocycles. The number of nitrogens with zero attached hydrogens (tertiary/aromatic N) is 1. The molecule has 3 aromatic rings. The minimum atomic E-state index is -1.52. The monoisotopic (exact) mass is 394 g/mol. The van der Waals surface area contributed by atoms with Crippen molar-refractivity contribution in [3.8, 4) is 5.75 Å². The summed E-state index contributed by atoms with van der Waals surface area (Å²) in [7, 11) is 0.0353. The van der Waals surface area contributed by atoms with Gasteiger partial charge in [-0.1, -0.05) is 42.5 Å². The number of nitrogens with one attached hydrogen (secondary N) is 1. The molecule has 1 atom stereocenters. The number of hydrogen-bond acceptors (Lipinski definition) is 3. The van der Waals surface area contributed by atoms with Gasteiger partial charge in [0.1, 0.15) is 5.75 Å². The van der Waals surface area contributed by atoms with Gasteiger partial charge in [0.25, 0.3) is 0 Å². The largest absolute Gasteiger partial charge is 0.495 e. The molecular formula is C22H22N2O3S. The lowest BCUT2D eigenvalue weighted by atomic mass is 10.1. The molecule has 28 heavy (non-hydrogen) atoms. The Morgan fingerprint density at radius 3 is 2.61 bits per heavy atom. The number of para-hydroxylation sites is 1. The van der Waals surface area contributed by atoms with Crippen molar-refractivity contribution in [3.63, 3.8) is 0 Å². The van der Waals surface area contributed by atoms with Crippen molar-refractivity contribution in [3.05, 3.63) is 72.5 Å². The molecule has 0 saturated heterocycles.